The van der Waals surface area contributed by atoms with E-state index in [1.165, 1.54) is 12.1 Å². The van der Waals surface area contributed by atoms with Gasteiger partial charge in [0, 0.05) is 25.3 Å². The van der Waals surface area contributed by atoms with Crippen LogP contribution in [0.4, 0.5) is 5.69 Å². The van der Waals surface area contributed by atoms with Crippen molar-refractivity contribution in [3.63, 3.8) is 0 Å². The first-order chi connectivity index (χ1) is 13.0. The molecule has 27 heavy (non-hydrogen) atoms. The van der Waals surface area contributed by atoms with Crippen LogP contribution in [-0.2, 0) is 4.74 Å². The summed E-state index contributed by atoms with van der Waals surface area (Å²) in [6, 6.07) is 11.2. The Hall–Kier alpha value is -2.82. The second kappa shape index (κ2) is 9.76. The maximum Gasteiger partial charge on any atom is 0.338 e. The molecule has 2 rings (SSSR count). The number of anilines is 1. The average molecular weight is 369 g/mol. The third-order valence-corrected chi connectivity index (χ3v) is 4.33. The van der Waals surface area contributed by atoms with E-state index in [0.717, 1.165) is 25.7 Å². The van der Waals surface area contributed by atoms with Gasteiger partial charge in [0.05, 0.1) is 17.7 Å². The number of phenolic OH excluding ortho intramolecular Hbond substituents is 1. The van der Waals surface area contributed by atoms with Crippen LogP contribution in [0.1, 0.15) is 58.9 Å². The summed E-state index contributed by atoms with van der Waals surface area (Å²) in [5, 5.41) is 9.46. The van der Waals surface area contributed by atoms with Crippen molar-refractivity contribution in [1.29, 1.82) is 0 Å². The summed E-state index contributed by atoms with van der Waals surface area (Å²) in [4.78, 5) is 27.5. The van der Waals surface area contributed by atoms with Gasteiger partial charge in [0.2, 0.25) is 0 Å². The van der Waals surface area contributed by atoms with E-state index < -0.39 is 5.97 Å². The van der Waals surface area contributed by atoms with E-state index in [2.05, 4.69) is 6.92 Å². The third-order valence-electron chi connectivity index (χ3n) is 4.33. The topological polar surface area (TPSA) is 66.8 Å². The standard InChI is InChI=1S/C22H27NO4/c1-4-5-6-7-15-27-22(26)18-9-8-10-19(23(2)3)20(18)21(25)16-11-13-17(24)14-12-16/h8-14,24H,4-7,15H2,1-3H3. The van der Waals surface area contributed by atoms with E-state index in [0.29, 0.717) is 23.4 Å². The Morgan fingerprint density at radius 3 is 2.33 bits per heavy atom. The molecule has 0 radical (unpaired) electrons. The molecule has 0 amide bonds. The van der Waals surface area contributed by atoms with Crippen LogP contribution in [0.25, 0.3) is 0 Å². The van der Waals surface area contributed by atoms with Crippen LogP contribution in [0.15, 0.2) is 42.5 Å². The molecule has 1 N–H and O–H groups in total. The van der Waals surface area contributed by atoms with Gasteiger partial charge in [0.25, 0.3) is 0 Å². The number of phenols is 1. The molecule has 0 aliphatic carbocycles. The summed E-state index contributed by atoms with van der Waals surface area (Å²) in [6.07, 6.45) is 4.05. The van der Waals surface area contributed by atoms with Crippen molar-refractivity contribution in [2.45, 2.75) is 32.6 Å². The molecule has 0 aliphatic rings. The first-order valence-corrected chi connectivity index (χ1v) is 9.27. The number of esters is 1. The Morgan fingerprint density at radius 1 is 1.00 bits per heavy atom. The lowest BCUT2D eigenvalue weighted by Gasteiger charge is -2.19. The molecular formula is C22H27NO4. The Kier molecular flexibility index (Phi) is 7.41. The van der Waals surface area contributed by atoms with Crippen LogP contribution in [0.3, 0.4) is 0 Å². The van der Waals surface area contributed by atoms with Gasteiger partial charge in [-0.05, 0) is 42.8 Å². The van der Waals surface area contributed by atoms with Crippen LogP contribution < -0.4 is 4.90 Å². The van der Waals surface area contributed by atoms with E-state index in [4.69, 9.17) is 4.74 Å². The Bertz CT molecular complexity index is 781. The van der Waals surface area contributed by atoms with Crippen molar-refractivity contribution in [1.82, 2.24) is 0 Å². The van der Waals surface area contributed by atoms with Gasteiger partial charge in [-0.15, -0.1) is 0 Å². The lowest BCUT2D eigenvalue weighted by molar-refractivity contribution is 0.0495. The number of hydrogen-bond acceptors (Lipinski definition) is 5. The minimum Gasteiger partial charge on any atom is -0.508 e. The van der Waals surface area contributed by atoms with Gasteiger partial charge in [0.15, 0.2) is 5.78 Å². The van der Waals surface area contributed by atoms with Crippen molar-refractivity contribution in [3.8, 4) is 5.75 Å². The minimum atomic E-state index is -0.489. The largest absolute Gasteiger partial charge is 0.508 e. The summed E-state index contributed by atoms with van der Waals surface area (Å²) in [5.74, 6) is -0.686. The number of ketones is 1. The molecule has 144 valence electrons. The number of unbranched alkanes of at least 4 members (excludes halogenated alkanes) is 3. The third kappa shape index (κ3) is 5.33. The molecule has 2 aromatic carbocycles. The molecule has 0 spiro atoms. The van der Waals surface area contributed by atoms with Crippen LogP contribution >= 0.6 is 0 Å². The first kappa shape index (κ1) is 20.5. The molecule has 0 saturated heterocycles. The molecule has 0 fully saturated rings. The van der Waals surface area contributed by atoms with E-state index in [1.807, 2.05) is 14.1 Å². The summed E-state index contributed by atoms with van der Waals surface area (Å²) >= 11 is 0. The van der Waals surface area contributed by atoms with Gasteiger partial charge >= 0.3 is 5.97 Å². The molecule has 5 nitrogen and oxygen atoms in total. The van der Waals surface area contributed by atoms with E-state index in [1.54, 1.807) is 35.2 Å². The fourth-order valence-electron chi connectivity index (χ4n) is 2.85. The van der Waals surface area contributed by atoms with Gasteiger partial charge in [-0.3, -0.25) is 4.79 Å². The number of carbonyl (C=O) groups is 2. The Labute approximate surface area is 160 Å². The molecule has 0 unspecified atom stereocenters. The quantitative estimate of drug-likeness (QED) is 0.402. The molecule has 0 saturated carbocycles. The van der Waals surface area contributed by atoms with Gasteiger partial charge in [-0.25, -0.2) is 4.79 Å². The van der Waals surface area contributed by atoms with Crippen molar-refractivity contribution >= 4 is 17.4 Å². The molecule has 0 bridgehead atoms. The van der Waals surface area contributed by atoms with E-state index in [9.17, 15) is 14.7 Å². The number of nitrogens with zero attached hydrogens (tertiary/aromatic N) is 1. The summed E-state index contributed by atoms with van der Waals surface area (Å²) < 4.78 is 5.41. The van der Waals surface area contributed by atoms with Gasteiger partial charge < -0.3 is 14.7 Å². The fraction of sp³-hybridized carbons (Fsp3) is 0.364. The molecule has 0 atom stereocenters. The van der Waals surface area contributed by atoms with Gasteiger partial charge in [0.1, 0.15) is 5.75 Å². The SMILES string of the molecule is CCCCCCOC(=O)c1cccc(N(C)C)c1C(=O)c1ccc(O)cc1. The van der Waals surface area contributed by atoms with E-state index in [-0.39, 0.29) is 17.1 Å². The van der Waals surface area contributed by atoms with Gasteiger partial charge in [-0.1, -0.05) is 32.3 Å². The van der Waals surface area contributed by atoms with Crippen LogP contribution in [-0.4, -0.2) is 37.6 Å². The Morgan fingerprint density at radius 2 is 1.70 bits per heavy atom. The summed E-state index contributed by atoms with van der Waals surface area (Å²) in [6.45, 7) is 2.47. The zero-order valence-electron chi connectivity index (χ0n) is 16.2. The van der Waals surface area contributed by atoms with E-state index >= 15 is 0 Å². The number of aromatic hydroxyl groups is 1. The minimum absolute atomic E-state index is 0.0826. The maximum absolute atomic E-state index is 13.1. The molecule has 2 aromatic rings. The maximum atomic E-state index is 13.1. The zero-order chi connectivity index (χ0) is 19.8. The highest BCUT2D eigenvalue weighted by atomic mass is 16.5. The monoisotopic (exact) mass is 369 g/mol. The molecular weight excluding hydrogens is 342 g/mol. The molecule has 0 aromatic heterocycles. The fourth-order valence-corrected chi connectivity index (χ4v) is 2.85. The van der Waals surface area contributed by atoms with Gasteiger partial charge in [-0.2, -0.15) is 0 Å². The number of carbonyl (C=O) groups excluding carboxylic acids is 2. The highest BCUT2D eigenvalue weighted by molar-refractivity contribution is 6.17. The van der Waals surface area contributed by atoms with Crippen LogP contribution in [0, 0.1) is 0 Å². The lowest BCUT2D eigenvalue weighted by atomic mass is 9.96. The Balaban J connectivity index is 2.32. The first-order valence-electron chi connectivity index (χ1n) is 9.27. The molecule has 5 heteroatoms. The van der Waals surface area contributed by atoms with Crippen molar-refractivity contribution in [2.75, 3.05) is 25.6 Å². The summed E-state index contributed by atoms with van der Waals surface area (Å²) in [5.41, 5.74) is 1.62. The van der Waals surface area contributed by atoms with Crippen molar-refractivity contribution in [2.24, 2.45) is 0 Å². The zero-order valence-corrected chi connectivity index (χ0v) is 16.2. The normalized spacial score (nSPS) is 10.5. The number of hydrogen-bond donors (Lipinski definition) is 1. The predicted molar refractivity (Wildman–Crippen MR) is 107 cm³/mol. The average Bonchev–Trinajstić information content (AvgIpc) is 2.67. The lowest BCUT2D eigenvalue weighted by Crippen LogP contribution is -2.19. The predicted octanol–water partition coefficient (Wildman–Crippen LogP) is 4.43. The van der Waals surface area contributed by atoms with Crippen LogP contribution in [0.5, 0.6) is 5.75 Å². The smallest absolute Gasteiger partial charge is 0.338 e. The highest BCUT2D eigenvalue weighted by Gasteiger charge is 2.24. The van der Waals surface area contributed by atoms with Crippen molar-refractivity contribution in [3.05, 3.63) is 59.2 Å². The number of benzene rings is 2. The molecule has 0 heterocycles. The highest BCUT2D eigenvalue weighted by Crippen LogP contribution is 2.27. The number of rotatable bonds is 9. The number of ether oxygens (including phenoxy) is 1. The second-order valence-electron chi connectivity index (χ2n) is 6.67. The molecule has 0 aliphatic heterocycles. The van der Waals surface area contributed by atoms with Crippen LogP contribution in [0.2, 0.25) is 0 Å². The van der Waals surface area contributed by atoms with Crippen molar-refractivity contribution < 1.29 is 19.4 Å². The summed E-state index contributed by atoms with van der Waals surface area (Å²) in [7, 11) is 3.64. The second-order valence-corrected chi connectivity index (χ2v) is 6.67.